The fourth-order valence-electron chi connectivity index (χ4n) is 4.22. The maximum absolute atomic E-state index is 12.5. The molecule has 4 rings (SSSR count). The number of anilines is 1. The van der Waals surface area contributed by atoms with Gasteiger partial charge in [-0.3, -0.25) is 4.79 Å². The Morgan fingerprint density at radius 3 is 2.75 bits per heavy atom. The van der Waals surface area contributed by atoms with E-state index in [1.165, 1.54) is 10.1 Å². The summed E-state index contributed by atoms with van der Waals surface area (Å²) >= 11 is 1.76. The van der Waals surface area contributed by atoms with Gasteiger partial charge >= 0.3 is 0 Å². The van der Waals surface area contributed by atoms with E-state index < -0.39 is 0 Å². The molecule has 2 fully saturated rings. The molecule has 2 aliphatic rings. The fourth-order valence-corrected chi connectivity index (χ4v) is 4.99. The average Bonchev–Trinajstić information content (AvgIpc) is 3.21. The van der Waals surface area contributed by atoms with Crippen LogP contribution in [0.4, 0.5) is 5.82 Å². The number of aromatic nitrogens is 1. The number of carbonyl (C=O) groups is 1. The SMILES string of the molecule is CN1CCN(CCCNC(=O)C2CCN(c3nccc4sccc34)CC2)CC1. The second kappa shape index (κ2) is 9.20. The normalized spacial score (nSPS) is 20.0. The number of fused-ring (bicyclic) bond motifs is 1. The summed E-state index contributed by atoms with van der Waals surface area (Å²) in [6, 6.07) is 4.23. The summed E-state index contributed by atoms with van der Waals surface area (Å²) < 4.78 is 1.28. The number of pyridine rings is 1. The minimum atomic E-state index is 0.140. The maximum Gasteiger partial charge on any atom is 0.223 e. The zero-order chi connectivity index (χ0) is 19.3. The summed E-state index contributed by atoms with van der Waals surface area (Å²) in [6.07, 6.45) is 4.75. The summed E-state index contributed by atoms with van der Waals surface area (Å²) in [5.74, 6) is 1.45. The van der Waals surface area contributed by atoms with Gasteiger partial charge in [0.15, 0.2) is 0 Å². The van der Waals surface area contributed by atoms with Crippen LogP contribution in [-0.2, 0) is 4.79 Å². The lowest BCUT2D eigenvalue weighted by Gasteiger charge is -2.33. The number of rotatable bonds is 6. The molecule has 0 aliphatic carbocycles. The third kappa shape index (κ3) is 4.64. The van der Waals surface area contributed by atoms with E-state index in [-0.39, 0.29) is 11.8 Å². The molecule has 0 bridgehead atoms. The van der Waals surface area contributed by atoms with Crippen molar-refractivity contribution in [3.63, 3.8) is 0 Å². The van der Waals surface area contributed by atoms with Crippen molar-refractivity contribution >= 4 is 33.1 Å². The minimum Gasteiger partial charge on any atom is -0.356 e. The highest BCUT2D eigenvalue weighted by Gasteiger charge is 2.26. The van der Waals surface area contributed by atoms with Crippen LogP contribution < -0.4 is 10.2 Å². The highest BCUT2D eigenvalue weighted by Crippen LogP contribution is 2.31. The van der Waals surface area contributed by atoms with Crippen molar-refractivity contribution in [3.8, 4) is 0 Å². The van der Waals surface area contributed by atoms with Crippen molar-refractivity contribution in [1.82, 2.24) is 20.1 Å². The molecular weight excluding hydrogens is 370 g/mol. The molecule has 0 saturated carbocycles. The average molecular weight is 402 g/mol. The molecular formula is C21H31N5OS. The first-order chi connectivity index (χ1) is 13.7. The molecule has 2 saturated heterocycles. The van der Waals surface area contributed by atoms with Crippen molar-refractivity contribution in [1.29, 1.82) is 0 Å². The first-order valence-electron chi connectivity index (χ1n) is 10.5. The summed E-state index contributed by atoms with van der Waals surface area (Å²) in [7, 11) is 2.18. The van der Waals surface area contributed by atoms with E-state index >= 15 is 0 Å². The zero-order valence-electron chi connectivity index (χ0n) is 16.8. The summed E-state index contributed by atoms with van der Waals surface area (Å²) in [5, 5.41) is 6.53. The van der Waals surface area contributed by atoms with E-state index in [1.807, 2.05) is 6.20 Å². The molecule has 152 valence electrons. The Morgan fingerprint density at radius 1 is 1.18 bits per heavy atom. The molecule has 4 heterocycles. The van der Waals surface area contributed by atoms with E-state index in [9.17, 15) is 4.79 Å². The van der Waals surface area contributed by atoms with Gasteiger partial charge in [-0.05, 0) is 50.4 Å². The van der Waals surface area contributed by atoms with Crippen LogP contribution in [0.2, 0.25) is 0 Å². The van der Waals surface area contributed by atoms with E-state index in [0.717, 1.165) is 77.4 Å². The van der Waals surface area contributed by atoms with Gasteiger partial charge in [-0.25, -0.2) is 4.98 Å². The number of nitrogens with one attached hydrogen (secondary N) is 1. The number of piperazine rings is 1. The van der Waals surface area contributed by atoms with Gasteiger partial charge in [0, 0.05) is 68.0 Å². The molecule has 0 unspecified atom stereocenters. The molecule has 0 spiro atoms. The molecule has 6 nitrogen and oxygen atoms in total. The van der Waals surface area contributed by atoms with Gasteiger partial charge in [-0.15, -0.1) is 11.3 Å². The first-order valence-corrected chi connectivity index (χ1v) is 11.3. The number of thiophene rings is 1. The van der Waals surface area contributed by atoms with Crippen LogP contribution in [0, 0.1) is 5.92 Å². The topological polar surface area (TPSA) is 51.7 Å². The molecule has 2 aromatic rings. The van der Waals surface area contributed by atoms with E-state index in [1.54, 1.807) is 11.3 Å². The van der Waals surface area contributed by atoms with Gasteiger partial charge < -0.3 is 20.0 Å². The first kappa shape index (κ1) is 19.6. The monoisotopic (exact) mass is 401 g/mol. The highest BCUT2D eigenvalue weighted by atomic mass is 32.1. The van der Waals surface area contributed by atoms with Crippen LogP contribution in [0.5, 0.6) is 0 Å². The standard InChI is InChI=1S/C21H31N5OS/c1-24-12-14-25(15-13-24)9-2-7-23-21(27)17-4-10-26(11-5-17)20-18-6-16-28-19(18)3-8-22-20/h3,6,8,16-17H,2,4-5,7,9-15H2,1H3,(H,23,27). The number of amides is 1. The van der Waals surface area contributed by atoms with Crippen LogP contribution in [0.1, 0.15) is 19.3 Å². The molecule has 1 amide bonds. The van der Waals surface area contributed by atoms with Crippen LogP contribution in [0.3, 0.4) is 0 Å². The summed E-state index contributed by atoms with van der Waals surface area (Å²) in [6.45, 7) is 8.28. The Kier molecular flexibility index (Phi) is 6.44. The van der Waals surface area contributed by atoms with Gasteiger partial charge in [0.2, 0.25) is 5.91 Å². The van der Waals surface area contributed by atoms with Gasteiger partial charge in [0.25, 0.3) is 0 Å². The Balaban J connectivity index is 1.18. The number of nitrogens with zero attached hydrogens (tertiary/aromatic N) is 4. The lowest BCUT2D eigenvalue weighted by Crippen LogP contribution is -2.45. The van der Waals surface area contributed by atoms with Crippen LogP contribution in [0.15, 0.2) is 23.7 Å². The molecule has 2 aromatic heterocycles. The largest absolute Gasteiger partial charge is 0.356 e. The van der Waals surface area contributed by atoms with Gasteiger partial charge in [0.1, 0.15) is 5.82 Å². The zero-order valence-corrected chi connectivity index (χ0v) is 17.6. The summed E-state index contributed by atoms with van der Waals surface area (Å²) in [4.78, 5) is 24.4. The predicted molar refractivity (Wildman–Crippen MR) is 116 cm³/mol. The Hall–Kier alpha value is -1.70. The van der Waals surface area contributed by atoms with Crippen LogP contribution >= 0.6 is 11.3 Å². The molecule has 0 aromatic carbocycles. The molecule has 28 heavy (non-hydrogen) atoms. The van der Waals surface area contributed by atoms with Gasteiger partial charge in [-0.1, -0.05) is 0 Å². The maximum atomic E-state index is 12.5. The predicted octanol–water partition coefficient (Wildman–Crippen LogP) is 2.27. The fraction of sp³-hybridized carbons (Fsp3) is 0.619. The van der Waals surface area contributed by atoms with Gasteiger partial charge in [-0.2, -0.15) is 0 Å². The second-order valence-corrected chi connectivity index (χ2v) is 8.97. The Labute approximate surface area is 171 Å². The number of likely N-dealkylation sites (N-methyl/N-ethyl adjacent to an activating group) is 1. The van der Waals surface area contributed by atoms with E-state index in [0.29, 0.717) is 0 Å². The van der Waals surface area contributed by atoms with Crippen LogP contribution in [-0.4, -0.2) is 80.1 Å². The van der Waals surface area contributed by atoms with E-state index in [2.05, 4.69) is 49.6 Å². The van der Waals surface area contributed by atoms with Crippen molar-refractivity contribution in [2.75, 3.05) is 64.3 Å². The number of hydrogen-bond acceptors (Lipinski definition) is 6. The molecule has 1 N–H and O–H groups in total. The molecule has 0 atom stereocenters. The molecule has 2 aliphatic heterocycles. The smallest absolute Gasteiger partial charge is 0.223 e. The minimum absolute atomic E-state index is 0.140. The van der Waals surface area contributed by atoms with Crippen molar-refractivity contribution in [3.05, 3.63) is 23.7 Å². The Morgan fingerprint density at radius 2 is 1.96 bits per heavy atom. The summed E-state index contributed by atoms with van der Waals surface area (Å²) in [5.41, 5.74) is 0. The highest BCUT2D eigenvalue weighted by molar-refractivity contribution is 7.17. The third-order valence-electron chi connectivity index (χ3n) is 6.07. The third-order valence-corrected chi connectivity index (χ3v) is 6.95. The molecule has 0 radical (unpaired) electrons. The van der Waals surface area contributed by atoms with Gasteiger partial charge in [0.05, 0.1) is 0 Å². The lowest BCUT2D eigenvalue weighted by molar-refractivity contribution is -0.125. The quantitative estimate of drug-likeness (QED) is 0.753. The van der Waals surface area contributed by atoms with Crippen molar-refractivity contribution in [2.45, 2.75) is 19.3 Å². The second-order valence-electron chi connectivity index (χ2n) is 8.02. The number of carbonyl (C=O) groups excluding carboxylic acids is 1. The molecule has 7 heteroatoms. The lowest BCUT2D eigenvalue weighted by atomic mass is 9.95. The van der Waals surface area contributed by atoms with Crippen molar-refractivity contribution in [2.24, 2.45) is 5.92 Å². The number of piperidine rings is 1. The van der Waals surface area contributed by atoms with Crippen molar-refractivity contribution < 1.29 is 4.79 Å². The number of hydrogen-bond donors (Lipinski definition) is 1. The Bertz CT molecular complexity index is 778. The van der Waals surface area contributed by atoms with Crippen LogP contribution in [0.25, 0.3) is 10.1 Å². The van der Waals surface area contributed by atoms with E-state index in [4.69, 9.17) is 0 Å².